The van der Waals surface area contributed by atoms with Crippen LogP contribution in [0, 0.1) is 0 Å². The number of halogens is 4. The molecule has 0 amide bonds. The predicted molar refractivity (Wildman–Crippen MR) is 57.9 cm³/mol. The molecule has 4 nitrogen and oxygen atoms in total. The summed E-state index contributed by atoms with van der Waals surface area (Å²) in [6.07, 6.45) is -3.71. The summed E-state index contributed by atoms with van der Waals surface area (Å²) in [5, 5.41) is 2.75. The van der Waals surface area contributed by atoms with Crippen LogP contribution in [0.25, 0.3) is 0 Å². The Morgan fingerprint density at radius 1 is 1.38 bits per heavy atom. The van der Waals surface area contributed by atoms with Gasteiger partial charge in [-0.15, -0.1) is 0 Å². The lowest BCUT2D eigenvalue weighted by Crippen LogP contribution is -2.12. The number of aromatic nitrogens is 2. The number of nitrogens with zero attached hydrogens (tertiary/aromatic N) is 2. The molecule has 0 spiro atoms. The molecule has 0 radical (unpaired) electrons. The van der Waals surface area contributed by atoms with Crippen LogP contribution in [0.15, 0.2) is 10.8 Å². The van der Waals surface area contributed by atoms with Crippen molar-refractivity contribution in [2.75, 3.05) is 17.6 Å². The van der Waals surface area contributed by atoms with Gasteiger partial charge in [0.05, 0.1) is 0 Å². The molecule has 0 saturated carbocycles. The van der Waals surface area contributed by atoms with Gasteiger partial charge >= 0.3 is 6.18 Å². The molecule has 90 valence electrons. The SMILES string of the molecule is Nc1ncnc(NCCCC(F)(F)F)c1Br. The van der Waals surface area contributed by atoms with E-state index in [1.54, 1.807) is 0 Å². The van der Waals surface area contributed by atoms with E-state index in [2.05, 4.69) is 31.2 Å². The molecule has 0 saturated heterocycles. The molecule has 0 aromatic carbocycles. The zero-order valence-electron chi connectivity index (χ0n) is 8.18. The fraction of sp³-hybridized carbons (Fsp3) is 0.500. The fourth-order valence-corrected chi connectivity index (χ4v) is 1.35. The number of alkyl halides is 3. The van der Waals surface area contributed by atoms with Crippen LogP contribution in [0.3, 0.4) is 0 Å². The standard InChI is InChI=1S/C8H10BrF3N4/c9-5-6(13)15-4-16-7(5)14-3-1-2-8(10,11)12/h4H,1-3H2,(H3,13,14,15,16). The Bertz CT molecular complexity index is 356. The van der Waals surface area contributed by atoms with Crippen LogP contribution in [0.5, 0.6) is 0 Å². The molecule has 0 bridgehead atoms. The number of nitrogens with one attached hydrogen (secondary N) is 1. The maximum absolute atomic E-state index is 11.8. The molecule has 0 fully saturated rings. The molecular weight excluding hydrogens is 289 g/mol. The Kier molecular flexibility index (Phi) is 4.34. The summed E-state index contributed by atoms with van der Waals surface area (Å²) in [5.74, 6) is 0.642. The van der Waals surface area contributed by atoms with Gasteiger partial charge in [0, 0.05) is 13.0 Å². The fourth-order valence-electron chi connectivity index (χ4n) is 1.00. The van der Waals surface area contributed by atoms with Crippen molar-refractivity contribution in [2.45, 2.75) is 19.0 Å². The van der Waals surface area contributed by atoms with E-state index in [-0.39, 0.29) is 18.8 Å². The quantitative estimate of drug-likeness (QED) is 0.839. The zero-order chi connectivity index (χ0) is 12.2. The number of hydrogen-bond acceptors (Lipinski definition) is 4. The third-order valence-corrected chi connectivity index (χ3v) is 2.53. The summed E-state index contributed by atoms with van der Waals surface area (Å²) in [6.45, 7) is 0.175. The van der Waals surface area contributed by atoms with Crippen LogP contribution < -0.4 is 11.1 Å². The van der Waals surface area contributed by atoms with Gasteiger partial charge in [-0.2, -0.15) is 13.2 Å². The largest absolute Gasteiger partial charge is 0.389 e. The second-order valence-corrected chi connectivity index (χ2v) is 3.86. The maximum Gasteiger partial charge on any atom is 0.389 e. The second kappa shape index (κ2) is 5.33. The van der Waals surface area contributed by atoms with Crippen LogP contribution in [0.4, 0.5) is 24.8 Å². The van der Waals surface area contributed by atoms with Crippen molar-refractivity contribution in [3.05, 3.63) is 10.8 Å². The topological polar surface area (TPSA) is 63.8 Å². The summed E-state index contributed by atoms with van der Waals surface area (Å²) >= 11 is 3.14. The van der Waals surface area contributed by atoms with Crippen LogP contribution in [0.1, 0.15) is 12.8 Å². The van der Waals surface area contributed by atoms with Crippen LogP contribution >= 0.6 is 15.9 Å². The molecule has 0 aliphatic rings. The first kappa shape index (κ1) is 13.0. The first-order chi connectivity index (χ1) is 7.40. The van der Waals surface area contributed by atoms with Crippen molar-refractivity contribution in [1.82, 2.24) is 9.97 Å². The van der Waals surface area contributed by atoms with E-state index in [9.17, 15) is 13.2 Å². The van der Waals surface area contributed by atoms with E-state index in [1.807, 2.05) is 0 Å². The highest BCUT2D eigenvalue weighted by Gasteiger charge is 2.25. The Labute approximate surface area is 98.6 Å². The minimum Gasteiger partial charge on any atom is -0.383 e. The number of rotatable bonds is 4. The molecule has 1 rings (SSSR count). The minimum atomic E-state index is -4.12. The van der Waals surface area contributed by atoms with Gasteiger partial charge in [0.25, 0.3) is 0 Å². The van der Waals surface area contributed by atoms with Crippen molar-refractivity contribution >= 4 is 27.6 Å². The van der Waals surface area contributed by atoms with Gasteiger partial charge in [-0.25, -0.2) is 9.97 Å². The average Bonchev–Trinajstić information content (AvgIpc) is 2.17. The number of nitrogens with two attached hydrogens (primary N) is 1. The van der Waals surface area contributed by atoms with Crippen molar-refractivity contribution < 1.29 is 13.2 Å². The lowest BCUT2D eigenvalue weighted by molar-refractivity contribution is -0.134. The highest BCUT2D eigenvalue weighted by atomic mass is 79.9. The molecule has 0 unspecified atom stereocenters. The summed E-state index contributed by atoms with van der Waals surface area (Å²) in [5.41, 5.74) is 5.48. The zero-order valence-corrected chi connectivity index (χ0v) is 9.77. The molecular formula is C8H10BrF3N4. The first-order valence-corrected chi connectivity index (χ1v) is 5.26. The van der Waals surface area contributed by atoms with E-state index in [0.29, 0.717) is 10.3 Å². The van der Waals surface area contributed by atoms with Crippen molar-refractivity contribution in [2.24, 2.45) is 0 Å². The third-order valence-electron chi connectivity index (χ3n) is 1.75. The molecule has 0 aliphatic carbocycles. The summed E-state index contributed by atoms with van der Waals surface area (Å²) in [4.78, 5) is 7.55. The molecule has 8 heteroatoms. The van der Waals surface area contributed by atoms with Crippen LogP contribution in [-0.4, -0.2) is 22.7 Å². The van der Waals surface area contributed by atoms with E-state index in [0.717, 1.165) is 0 Å². The van der Waals surface area contributed by atoms with E-state index >= 15 is 0 Å². The summed E-state index contributed by atoms with van der Waals surface area (Å²) < 4.78 is 36.0. The van der Waals surface area contributed by atoms with Crippen LogP contribution in [0.2, 0.25) is 0 Å². The van der Waals surface area contributed by atoms with Gasteiger partial charge in [-0.3, -0.25) is 0 Å². The highest BCUT2D eigenvalue weighted by molar-refractivity contribution is 9.10. The van der Waals surface area contributed by atoms with Crippen LogP contribution in [-0.2, 0) is 0 Å². The van der Waals surface area contributed by atoms with Gasteiger partial charge in [0.1, 0.15) is 22.4 Å². The Morgan fingerprint density at radius 3 is 2.69 bits per heavy atom. The molecule has 1 aromatic heterocycles. The van der Waals surface area contributed by atoms with Crippen molar-refractivity contribution in [1.29, 1.82) is 0 Å². The van der Waals surface area contributed by atoms with Gasteiger partial charge < -0.3 is 11.1 Å². The smallest absolute Gasteiger partial charge is 0.383 e. The average molecular weight is 299 g/mol. The van der Waals surface area contributed by atoms with Crippen molar-refractivity contribution in [3.63, 3.8) is 0 Å². The van der Waals surface area contributed by atoms with E-state index < -0.39 is 12.6 Å². The Morgan fingerprint density at radius 2 is 2.06 bits per heavy atom. The molecule has 1 aromatic rings. The minimum absolute atomic E-state index is 0.0140. The molecule has 0 aliphatic heterocycles. The highest BCUT2D eigenvalue weighted by Crippen LogP contribution is 2.25. The molecule has 3 N–H and O–H groups in total. The monoisotopic (exact) mass is 298 g/mol. The number of hydrogen-bond donors (Lipinski definition) is 2. The number of nitrogen functional groups attached to an aromatic ring is 1. The van der Waals surface area contributed by atoms with Gasteiger partial charge in [-0.05, 0) is 22.4 Å². The second-order valence-electron chi connectivity index (χ2n) is 3.07. The normalized spacial score (nSPS) is 11.5. The summed E-state index contributed by atoms with van der Waals surface area (Å²) in [6, 6.07) is 0. The van der Waals surface area contributed by atoms with Gasteiger partial charge in [0.15, 0.2) is 0 Å². The number of anilines is 2. The van der Waals surface area contributed by atoms with Crippen molar-refractivity contribution in [3.8, 4) is 0 Å². The first-order valence-electron chi connectivity index (χ1n) is 4.47. The predicted octanol–water partition coefficient (Wildman–Crippen LogP) is 2.58. The maximum atomic E-state index is 11.8. The Hall–Kier alpha value is -1.05. The molecule has 0 atom stereocenters. The Balaban J connectivity index is 2.41. The molecule has 16 heavy (non-hydrogen) atoms. The van der Waals surface area contributed by atoms with Gasteiger partial charge in [0.2, 0.25) is 0 Å². The van der Waals surface area contributed by atoms with Gasteiger partial charge in [-0.1, -0.05) is 0 Å². The summed E-state index contributed by atoms with van der Waals surface area (Å²) in [7, 11) is 0. The lowest BCUT2D eigenvalue weighted by Gasteiger charge is -2.09. The molecule has 1 heterocycles. The third kappa shape index (κ3) is 4.21. The van der Waals surface area contributed by atoms with E-state index in [4.69, 9.17) is 5.73 Å². The van der Waals surface area contributed by atoms with E-state index in [1.165, 1.54) is 6.33 Å². The lowest BCUT2D eigenvalue weighted by atomic mass is 10.3.